The maximum atomic E-state index is 12.1. The van der Waals surface area contributed by atoms with Crippen LogP contribution in [0.15, 0.2) is 43.0 Å². The zero-order chi connectivity index (χ0) is 18.5. The molecule has 0 spiro atoms. The number of nitrogens with one attached hydrogen (secondary N) is 2. The number of para-hydroxylation sites is 1. The first-order valence-electron chi connectivity index (χ1n) is 8.89. The van der Waals surface area contributed by atoms with Crippen molar-refractivity contribution in [1.82, 2.24) is 19.9 Å². The lowest BCUT2D eigenvalue weighted by molar-refractivity contribution is -0.121. The molecule has 3 aromatic rings. The van der Waals surface area contributed by atoms with E-state index in [1.54, 1.807) is 12.5 Å². The first-order valence-corrected chi connectivity index (χ1v) is 8.89. The molecule has 1 atom stereocenters. The van der Waals surface area contributed by atoms with E-state index in [2.05, 4.69) is 40.7 Å². The summed E-state index contributed by atoms with van der Waals surface area (Å²) in [6, 6.07) is 8.43. The van der Waals surface area contributed by atoms with Crippen molar-refractivity contribution in [2.75, 3.05) is 18.4 Å². The van der Waals surface area contributed by atoms with Crippen molar-refractivity contribution in [1.29, 1.82) is 0 Å². The van der Waals surface area contributed by atoms with Gasteiger partial charge >= 0.3 is 0 Å². The Morgan fingerprint density at radius 1 is 1.23 bits per heavy atom. The van der Waals surface area contributed by atoms with Crippen molar-refractivity contribution < 1.29 is 4.79 Å². The second-order valence-corrected chi connectivity index (χ2v) is 6.64. The summed E-state index contributed by atoms with van der Waals surface area (Å²) in [6.07, 6.45) is 5.76. The van der Waals surface area contributed by atoms with E-state index in [4.69, 9.17) is 4.98 Å². The molecule has 6 heteroatoms. The van der Waals surface area contributed by atoms with E-state index in [1.165, 1.54) is 0 Å². The van der Waals surface area contributed by atoms with Gasteiger partial charge in [-0.15, -0.1) is 0 Å². The quantitative estimate of drug-likeness (QED) is 0.641. The van der Waals surface area contributed by atoms with Crippen LogP contribution in [0.2, 0.25) is 0 Å². The van der Waals surface area contributed by atoms with Crippen molar-refractivity contribution in [2.24, 2.45) is 0 Å². The van der Waals surface area contributed by atoms with Gasteiger partial charge in [0, 0.05) is 43.3 Å². The van der Waals surface area contributed by atoms with Crippen LogP contribution in [0.3, 0.4) is 0 Å². The van der Waals surface area contributed by atoms with Gasteiger partial charge in [0.05, 0.1) is 11.8 Å². The number of hydrogen-bond donors (Lipinski definition) is 2. The maximum Gasteiger partial charge on any atom is 0.222 e. The minimum atomic E-state index is 0.0343. The lowest BCUT2D eigenvalue weighted by Crippen LogP contribution is -2.30. The predicted molar refractivity (Wildman–Crippen MR) is 104 cm³/mol. The molecule has 0 saturated carbocycles. The van der Waals surface area contributed by atoms with Crippen molar-refractivity contribution in [2.45, 2.75) is 33.2 Å². The summed E-state index contributed by atoms with van der Waals surface area (Å²) in [4.78, 5) is 20.8. The molecule has 2 heterocycles. The minimum Gasteiger partial charge on any atom is -0.368 e. The predicted octanol–water partition coefficient (Wildman–Crippen LogP) is 3.23. The second kappa shape index (κ2) is 7.99. The number of aromatic nitrogens is 3. The molecule has 0 bridgehead atoms. The molecule has 1 amide bonds. The Hall–Kier alpha value is -2.89. The molecule has 0 radical (unpaired) electrons. The molecule has 0 aliphatic rings. The number of rotatable bonds is 7. The summed E-state index contributed by atoms with van der Waals surface area (Å²) in [5.41, 5.74) is 3.27. The van der Waals surface area contributed by atoms with Crippen molar-refractivity contribution in [3.05, 3.63) is 54.1 Å². The number of benzene rings is 1. The highest BCUT2D eigenvalue weighted by atomic mass is 16.1. The standard InChI is InChI=1S/C20H25N5O/c1-14-5-4-6-17-11-15(2)20(24-19(14)17)23-8-7-22-18(26)12-16(3)25-10-9-21-13-25/h4-6,9-11,13,16H,7-8,12H2,1-3H3,(H,22,26)(H,23,24). The molecule has 136 valence electrons. The number of imidazole rings is 1. The van der Waals surface area contributed by atoms with E-state index in [9.17, 15) is 4.79 Å². The second-order valence-electron chi connectivity index (χ2n) is 6.64. The number of carbonyl (C=O) groups is 1. The fourth-order valence-electron chi connectivity index (χ4n) is 2.99. The molecule has 1 aromatic carbocycles. The Bertz CT molecular complexity index is 889. The molecule has 26 heavy (non-hydrogen) atoms. The number of nitrogens with zero attached hydrogens (tertiary/aromatic N) is 3. The topological polar surface area (TPSA) is 71.8 Å². The normalized spacial score (nSPS) is 12.1. The number of hydrogen-bond acceptors (Lipinski definition) is 4. The fourth-order valence-corrected chi connectivity index (χ4v) is 2.99. The number of aryl methyl sites for hydroxylation is 2. The van der Waals surface area contributed by atoms with Crippen LogP contribution in [0.1, 0.15) is 30.5 Å². The number of carbonyl (C=O) groups excluding carboxylic acids is 1. The number of fused-ring (bicyclic) bond motifs is 1. The largest absolute Gasteiger partial charge is 0.368 e. The van der Waals surface area contributed by atoms with Gasteiger partial charge in [0.25, 0.3) is 0 Å². The van der Waals surface area contributed by atoms with Crippen LogP contribution in [0.5, 0.6) is 0 Å². The molecule has 3 rings (SSSR count). The van der Waals surface area contributed by atoms with Crippen molar-refractivity contribution >= 4 is 22.6 Å². The SMILES string of the molecule is Cc1cc2cccc(C)c2nc1NCCNC(=O)CC(C)n1ccnc1. The lowest BCUT2D eigenvalue weighted by Gasteiger charge is -2.14. The molecule has 2 N–H and O–H groups in total. The summed E-state index contributed by atoms with van der Waals surface area (Å²) in [5, 5.41) is 7.43. The third-order valence-electron chi connectivity index (χ3n) is 4.49. The van der Waals surface area contributed by atoms with Gasteiger partial charge in [-0.25, -0.2) is 9.97 Å². The smallest absolute Gasteiger partial charge is 0.222 e. The van der Waals surface area contributed by atoms with Crippen molar-refractivity contribution in [3.8, 4) is 0 Å². The highest BCUT2D eigenvalue weighted by molar-refractivity contribution is 5.84. The highest BCUT2D eigenvalue weighted by Gasteiger charge is 2.10. The van der Waals surface area contributed by atoms with Crippen LogP contribution in [0.4, 0.5) is 5.82 Å². The Kier molecular flexibility index (Phi) is 5.51. The van der Waals surface area contributed by atoms with Crippen molar-refractivity contribution in [3.63, 3.8) is 0 Å². The summed E-state index contributed by atoms with van der Waals surface area (Å²) < 4.78 is 1.93. The van der Waals surface area contributed by atoms with E-state index >= 15 is 0 Å². The van der Waals surface area contributed by atoms with Crippen LogP contribution in [-0.2, 0) is 4.79 Å². The molecule has 1 unspecified atom stereocenters. The van der Waals surface area contributed by atoms with Gasteiger partial charge in [0.2, 0.25) is 5.91 Å². The Balaban J connectivity index is 1.50. The summed E-state index contributed by atoms with van der Waals surface area (Å²) in [5.74, 6) is 0.903. The third-order valence-corrected chi connectivity index (χ3v) is 4.49. The van der Waals surface area contributed by atoms with Crippen LogP contribution in [-0.4, -0.2) is 33.5 Å². The number of anilines is 1. The summed E-state index contributed by atoms with van der Waals surface area (Å²) in [6.45, 7) is 7.31. The van der Waals surface area contributed by atoms with Gasteiger partial charge < -0.3 is 15.2 Å². The summed E-state index contributed by atoms with van der Waals surface area (Å²) in [7, 11) is 0. The molecule has 2 aromatic heterocycles. The first-order chi connectivity index (χ1) is 12.5. The van der Waals surface area contributed by atoms with Crippen LogP contribution in [0, 0.1) is 13.8 Å². The highest BCUT2D eigenvalue weighted by Crippen LogP contribution is 2.22. The first kappa shape index (κ1) is 17.9. The van der Waals surface area contributed by atoms with Gasteiger partial charge in [-0.05, 0) is 38.0 Å². The van der Waals surface area contributed by atoms with Crippen LogP contribution in [0.25, 0.3) is 10.9 Å². The fraction of sp³-hybridized carbons (Fsp3) is 0.350. The number of pyridine rings is 1. The zero-order valence-electron chi connectivity index (χ0n) is 15.5. The van der Waals surface area contributed by atoms with Gasteiger partial charge in [0.15, 0.2) is 0 Å². The molecule has 0 saturated heterocycles. The Labute approximate surface area is 153 Å². The van der Waals surface area contributed by atoms with Gasteiger partial charge in [-0.2, -0.15) is 0 Å². The zero-order valence-corrected chi connectivity index (χ0v) is 15.5. The molecule has 0 aliphatic carbocycles. The average Bonchev–Trinajstić information content (AvgIpc) is 3.14. The van der Waals surface area contributed by atoms with E-state index in [0.29, 0.717) is 19.5 Å². The van der Waals surface area contributed by atoms with E-state index < -0.39 is 0 Å². The Morgan fingerprint density at radius 2 is 2.08 bits per heavy atom. The summed E-state index contributed by atoms with van der Waals surface area (Å²) >= 11 is 0. The third kappa shape index (κ3) is 4.20. The van der Waals surface area contributed by atoms with Crippen LogP contribution >= 0.6 is 0 Å². The Morgan fingerprint density at radius 3 is 2.85 bits per heavy atom. The van der Waals surface area contributed by atoms with Gasteiger partial charge in [0.1, 0.15) is 5.82 Å². The minimum absolute atomic E-state index is 0.0343. The molecule has 0 fully saturated rings. The average molecular weight is 351 g/mol. The molecular weight excluding hydrogens is 326 g/mol. The number of amides is 1. The monoisotopic (exact) mass is 351 g/mol. The van der Waals surface area contributed by atoms with E-state index in [0.717, 1.165) is 27.8 Å². The van der Waals surface area contributed by atoms with Gasteiger partial charge in [-0.3, -0.25) is 4.79 Å². The molecule has 0 aliphatic heterocycles. The lowest BCUT2D eigenvalue weighted by atomic mass is 10.1. The van der Waals surface area contributed by atoms with Crippen LogP contribution < -0.4 is 10.6 Å². The maximum absolute atomic E-state index is 12.1. The van der Waals surface area contributed by atoms with E-state index in [-0.39, 0.29) is 11.9 Å². The van der Waals surface area contributed by atoms with Gasteiger partial charge in [-0.1, -0.05) is 18.2 Å². The van der Waals surface area contributed by atoms with E-state index in [1.807, 2.05) is 30.7 Å². The molecular formula is C20H25N5O. The molecule has 6 nitrogen and oxygen atoms in total.